The van der Waals surface area contributed by atoms with Gasteiger partial charge in [-0.15, -0.1) is 0 Å². The van der Waals surface area contributed by atoms with Gasteiger partial charge in [0.15, 0.2) is 0 Å². The molecular weight excluding hydrogens is 184 g/mol. The van der Waals surface area contributed by atoms with Gasteiger partial charge in [-0.05, 0) is 30.5 Å². The summed E-state index contributed by atoms with van der Waals surface area (Å²) in [5, 5.41) is 0. The lowest BCUT2D eigenvalue weighted by Gasteiger charge is -2.14. The summed E-state index contributed by atoms with van der Waals surface area (Å²) in [7, 11) is 4.11. The molecule has 2 nitrogen and oxygen atoms in total. The lowest BCUT2D eigenvalue weighted by Crippen LogP contribution is -2.22. The normalized spacial score (nSPS) is 12.5. The van der Waals surface area contributed by atoms with Crippen LogP contribution in [0, 0.1) is 0 Å². The molecule has 0 radical (unpaired) electrons. The molecule has 0 amide bonds. The first-order chi connectivity index (χ1) is 7.13. The Hall–Kier alpha value is -1.02. The highest BCUT2D eigenvalue weighted by molar-refractivity contribution is 5.46. The Morgan fingerprint density at radius 2 is 1.80 bits per heavy atom. The standard InChI is InChI=1S/C13H22N2/c1-4-5-12(14)10-11-6-8-13(9-7-11)15(2)3/h6-9,12H,4-5,10,14H2,1-3H3. The summed E-state index contributed by atoms with van der Waals surface area (Å²) in [6.45, 7) is 2.18. The van der Waals surface area contributed by atoms with Gasteiger partial charge >= 0.3 is 0 Å². The number of benzene rings is 1. The Bertz CT molecular complexity index is 277. The third-order valence-electron chi connectivity index (χ3n) is 2.61. The van der Waals surface area contributed by atoms with Crippen molar-refractivity contribution in [2.45, 2.75) is 32.2 Å². The van der Waals surface area contributed by atoms with Crippen LogP contribution in [0.4, 0.5) is 5.69 Å². The van der Waals surface area contributed by atoms with E-state index in [1.165, 1.54) is 11.3 Å². The third kappa shape index (κ3) is 3.92. The van der Waals surface area contributed by atoms with Crippen molar-refractivity contribution in [1.29, 1.82) is 0 Å². The Balaban J connectivity index is 2.56. The van der Waals surface area contributed by atoms with E-state index >= 15 is 0 Å². The summed E-state index contributed by atoms with van der Waals surface area (Å²) in [5.74, 6) is 0. The van der Waals surface area contributed by atoms with Crippen LogP contribution in [0.25, 0.3) is 0 Å². The highest BCUT2D eigenvalue weighted by Crippen LogP contribution is 2.13. The van der Waals surface area contributed by atoms with Gasteiger partial charge in [0.1, 0.15) is 0 Å². The minimum atomic E-state index is 0.306. The van der Waals surface area contributed by atoms with Gasteiger partial charge in [0.2, 0.25) is 0 Å². The minimum absolute atomic E-state index is 0.306. The molecule has 1 aromatic carbocycles. The van der Waals surface area contributed by atoms with Crippen LogP contribution in [-0.4, -0.2) is 20.1 Å². The number of hydrogen-bond acceptors (Lipinski definition) is 2. The van der Waals surface area contributed by atoms with Crippen LogP contribution >= 0.6 is 0 Å². The monoisotopic (exact) mass is 206 g/mol. The van der Waals surface area contributed by atoms with E-state index in [1.54, 1.807) is 0 Å². The molecule has 0 fully saturated rings. The number of hydrogen-bond donors (Lipinski definition) is 1. The average Bonchev–Trinajstić information content (AvgIpc) is 2.18. The third-order valence-corrected chi connectivity index (χ3v) is 2.61. The topological polar surface area (TPSA) is 29.3 Å². The van der Waals surface area contributed by atoms with Gasteiger partial charge in [0, 0.05) is 25.8 Å². The lowest BCUT2D eigenvalue weighted by molar-refractivity contribution is 0.600. The van der Waals surface area contributed by atoms with Gasteiger partial charge < -0.3 is 10.6 Å². The largest absolute Gasteiger partial charge is 0.378 e. The molecule has 1 unspecified atom stereocenters. The molecule has 2 N–H and O–H groups in total. The number of nitrogens with two attached hydrogens (primary N) is 1. The minimum Gasteiger partial charge on any atom is -0.378 e. The van der Waals surface area contributed by atoms with Crippen LogP contribution in [0.2, 0.25) is 0 Å². The Morgan fingerprint density at radius 3 is 2.27 bits per heavy atom. The molecule has 1 rings (SSSR count). The number of rotatable bonds is 5. The maximum atomic E-state index is 6.00. The summed E-state index contributed by atoms with van der Waals surface area (Å²) in [6, 6.07) is 8.94. The second kappa shape index (κ2) is 5.76. The molecule has 0 aromatic heterocycles. The first-order valence-electron chi connectivity index (χ1n) is 5.65. The van der Waals surface area contributed by atoms with E-state index in [1.807, 2.05) is 0 Å². The van der Waals surface area contributed by atoms with Crippen molar-refractivity contribution in [2.24, 2.45) is 5.73 Å². The molecule has 0 aliphatic heterocycles. The summed E-state index contributed by atoms with van der Waals surface area (Å²) < 4.78 is 0. The molecule has 1 aromatic rings. The summed E-state index contributed by atoms with van der Waals surface area (Å²) >= 11 is 0. The maximum Gasteiger partial charge on any atom is 0.0361 e. The molecule has 2 heteroatoms. The van der Waals surface area contributed by atoms with Gasteiger partial charge in [-0.3, -0.25) is 0 Å². The van der Waals surface area contributed by atoms with Crippen molar-refractivity contribution >= 4 is 5.69 Å². The summed E-state index contributed by atoms with van der Waals surface area (Å²) in [4.78, 5) is 2.11. The molecule has 0 aliphatic carbocycles. The zero-order valence-electron chi connectivity index (χ0n) is 10.0. The highest BCUT2D eigenvalue weighted by Gasteiger charge is 2.03. The van der Waals surface area contributed by atoms with E-state index in [4.69, 9.17) is 5.73 Å². The first kappa shape index (κ1) is 12.1. The fourth-order valence-corrected chi connectivity index (χ4v) is 1.71. The molecule has 15 heavy (non-hydrogen) atoms. The number of nitrogens with zero attached hydrogens (tertiary/aromatic N) is 1. The second-order valence-corrected chi connectivity index (χ2v) is 4.31. The van der Waals surface area contributed by atoms with Crippen molar-refractivity contribution in [3.05, 3.63) is 29.8 Å². The smallest absolute Gasteiger partial charge is 0.0361 e. The highest BCUT2D eigenvalue weighted by atomic mass is 15.1. The quantitative estimate of drug-likeness (QED) is 0.801. The molecule has 0 saturated heterocycles. The Morgan fingerprint density at radius 1 is 1.20 bits per heavy atom. The fourth-order valence-electron chi connectivity index (χ4n) is 1.71. The molecule has 0 saturated carbocycles. The lowest BCUT2D eigenvalue weighted by atomic mass is 10.0. The molecule has 1 atom stereocenters. The van der Waals surface area contributed by atoms with Gasteiger partial charge in [-0.1, -0.05) is 25.5 Å². The SMILES string of the molecule is CCCC(N)Cc1ccc(N(C)C)cc1. The molecule has 0 heterocycles. The predicted octanol–water partition coefficient (Wildman–Crippen LogP) is 2.42. The first-order valence-corrected chi connectivity index (χ1v) is 5.65. The maximum absolute atomic E-state index is 6.00. The summed E-state index contributed by atoms with van der Waals surface area (Å²) in [5.41, 5.74) is 8.58. The Labute approximate surface area is 93.1 Å². The zero-order chi connectivity index (χ0) is 11.3. The van der Waals surface area contributed by atoms with E-state index in [9.17, 15) is 0 Å². The van der Waals surface area contributed by atoms with Crippen molar-refractivity contribution < 1.29 is 0 Å². The van der Waals surface area contributed by atoms with Crippen molar-refractivity contribution in [1.82, 2.24) is 0 Å². The predicted molar refractivity (Wildman–Crippen MR) is 67.4 cm³/mol. The zero-order valence-corrected chi connectivity index (χ0v) is 10.0. The van der Waals surface area contributed by atoms with E-state index in [2.05, 4.69) is 50.2 Å². The van der Waals surface area contributed by atoms with Gasteiger partial charge in [-0.25, -0.2) is 0 Å². The van der Waals surface area contributed by atoms with Crippen molar-refractivity contribution in [3.63, 3.8) is 0 Å². The van der Waals surface area contributed by atoms with Crippen molar-refractivity contribution in [2.75, 3.05) is 19.0 Å². The van der Waals surface area contributed by atoms with E-state index in [0.29, 0.717) is 6.04 Å². The van der Waals surface area contributed by atoms with E-state index in [-0.39, 0.29) is 0 Å². The summed E-state index contributed by atoms with van der Waals surface area (Å²) in [6.07, 6.45) is 3.26. The molecule has 0 bridgehead atoms. The van der Waals surface area contributed by atoms with Crippen LogP contribution in [0.3, 0.4) is 0 Å². The van der Waals surface area contributed by atoms with E-state index in [0.717, 1.165) is 19.3 Å². The molecule has 0 spiro atoms. The van der Waals surface area contributed by atoms with Gasteiger partial charge in [0.05, 0.1) is 0 Å². The van der Waals surface area contributed by atoms with Gasteiger partial charge in [-0.2, -0.15) is 0 Å². The molecular formula is C13H22N2. The fraction of sp³-hybridized carbons (Fsp3) is 0.538. The van der Waals surface area contributed by atoms with Crippen LogP contribution in [0.15, 0.2) is 24.3 Å². The molecule has 84 valence electrons. The molecule has 0 aliphatic rings. The van der Waals surface area contributed by atoms with Crippen LogP contribution in [-0.2, 0) is 6.42 Å². The van der Waals surface area contributed by atoms with Gasteiger partial charge in [0.25, 0.3) is 0 Å². The van der Waals surface area contributed by atoms with Crippen LogP contribution in [0.5, 0.6) is 0 Å². The second-order valence-electron chi connectivity index (χ2n) is 4.31. The average molecular weight is 206 g/mol. The Kier molecular flexibility index (Phi) is 4.63. The number of anilines is 1. The van der Waals surface area contributed by atoms with Crippen LogP contribution in [0.1, 0.15) is 25.3 Å². The van der Waals surface area contributed by atoms with Crippen LogP contribution < -0.4 is 10.6 Å². The van der Waals surface area contributed by atoms with E-state index < -0.39 is 0 Å². The van der Waals surface area contributed by atoms with Crippen molar-refractivity contribution in [3.8, 4) is 0 Å².